The predicted molar refractivity (Wildman–Crippen MR) is 56.5 cm³/mol. The molecule has 0 saturated heterocycles. The highest BCUT2D eigenvalue weighted by Crippen LogP contribution is 1.96. The van der Waals surface area contributed by atoms with Crippen molar-refractivity contribution in [2.75, 3.05) is 0 Å². The van der Waals surface area contributed by atoms with Crippen LogP contribution in [0.25, 0.3) is 0 Å². The van der Waals surface area contributed by atoms with E-state index >= 15 is 0 Å². The number of nitrogens with one attached hydrogen (secondary N) is 2. The maximum Gasteiger partial charge on any atom is 0.269 e. The Morgan fingerprint density at radius 3 is 2.71 bits per heavy atom. The molecular weight excluding hydrogens is 176 g/mol. The van der Waals surface area contributed by atoms with Gasteiger partial charge in [-0.15, -0.1) is 0 Å². The number of allylic oxidation sites excluding steroid dienone is 1. The summed E-state index contributed by atoms with van der Waals surface area (Å²) in [6.45, 7) is 2.02. The van der Waals surface area contributed by atoms with E-state index < -0.39 is 0 Å². The molecule has 2 N–H and O–H groups in total. The number of hydrogen-bond acceptors (Lipinski definition) is 2. The van der Waals surface area contributed by atoms with Crippen LogP contribution in [0.4, 0.5) is 0 Å². The van der Waals surface area contributed by atoms with Gasteiger partial charge in [0.05, 0.1) is 0 Å². The molecule has 3 heteroatoms. The van der Waals surface area contributed by atoms with Crippen LogP contribution < -0.4 is 10.9 Å². The number of hydrogen-bond donors (Lipinski definition) is 2. The van der Waals surface area contributed by atoms with Crippen molar-refractivity contribution in [3.63, 3.8) is 0 Å². The summed E-state index contributed by atoms with van der Waals surface area (Å²) in [5, 5.41) is 0. The first kappa shape index (κ1) is 10.3. The van der Waals surface area contributed by atoms with Crippen LogP contribution in [0.2, 0.25) is 0 Å². The zero-order valence-corrected chi connectivity index (χ0v) is 8.16. The Morgan fingerprint density at radius 2 is 2.07 bits per heavy atom. The van der Waals surface area contributed by atoms with E-state index in [1.165, 1.54) is 0 Å². The van der Waals surface area contributed by atoms with Crippen molar-refractivity contribution >= 4 is 5.91 Å². The SMILES string of the molecule is CC/C=C\NNC(=O)c1ccccc1. The van der Waals surface area contributed by atoms with E-state index in [1.54, 1.807) is 18.3 Å². The van der Waals surface area contributed by atoms with Crippen molar-refractivity contribution in [3.05, 3.63) is 48.2 Å². The fraction of sp³-hybridized carbons (Fsp3) is 0.182. The average Bonchev–Trinajstić information content (AvgIpc) is 2.25. The third kappa shape index (κ3) is 3.31. The molecule has 14 heavy (non-hydrogen) atoms. The topological polar surface area (TPSA) is 41.1 Å². The smallest absolute Gasteiger partial charge is 0.269 e. The number of amides is 1. The standard InChI is InChI=1S/C11H14N2O/c1-2-3-9-12-13-11(14)10-7-5-4-6-8-10/h3-9,12H,2H2,1H3,(H,13,14)/b9-3-. The lowest BCUT2D eigenvalue weighted by Crippen LogP contribution is -2.33. The van der Waals surface area contributed by atoms with Gasteiger partial charge in [-0.2, -0.15) is 0 Å². The van der Waals surface area contributed by atoms with Crippen molar-refractivity contribution in [2.24, 2.45) is 0 Å². The Bertz CT molecular complexity index is 306. The van der Waals surface area contributed by atoms with Crippen LogP contribution in [0.3, 0.4) is 0 Å². The summed E-state index contributed by atoms with van der Waals surface area (Å²) in [6, 6.07) is 9.07. The predicted octanol–water partition coefficient (Wildman–Crippen LogP) is 1.84. The van der Waals surface area contributed by atoms with Gasteiger partial charge in [0, 0.05) is 11.8 Å². The molecule has 0 fully saturated rings. The second kappa shape index (κ2) is 5.80. The van der Waals surface area contributed by atoms with Gasteiger partial charge in [-0.25, -0.2) is 0 Å². The Hall–Kier alpha value is -1.77. The van der Waals surface area contributed by atoms with E-state index in [0.717, 1.165) is 6.42 Å². The van der Waals surface area contributed by atoms with Crippen molar-refractivity contribution in [1.82, 2.24) is 10.9 Å². The molecule has 0 saturated carbocycles. The van der Waals surface area contributed by atoms with Crippen LogP contribution >= 0.6 is 0 Å². The van der Waals surface area contributed by atoms with Crippen LogP contribution in [-0.4, -0.2) is 5.91 Å². The summed E-state index contributed by atoms with van der Waals surface area (Å²) in [5.41, 5.74) is 5.91. The van der Waals surface area contributed by atoms with Gasteiger partial charge in [-0.3, -0.25) is 10.2 Å². The van der Waals surface area contributed by atoms with Gasteiger partial charge in [-0.1, -0.05) is 31.2 Å². The maximum absolute atomic E-state index is 11.4. The molecule has 1 rings (SSSR count). The van der Waals surface area contributed by atoms with Gasteiger partial charge >= 0.3 is 0 Å². The average molecular weight is 190 g/mol. The molecule has 0 aliphatic carbocycles. The molecule has 0 bridgehead atoms. The van der Waals surface area contributed by atoms with Crippen molar-refractivity contribution in [3.8, 4) is 0 Å². The molecule has 0 aliphatic heterocycles. The zero-order chi connectivity index (χ0) is 10.2. The van der Waals surface area contributed by atoms with Crippen LogP contribution in [0.15, 0.2) is 42.6 Å². The minimum absolute atomic E-state index is 0.133. The monoisotopic (exact) mass is 190 g/mol. The fourth-order valence-electron chi connectivity index (χ4n) is 0.946. The van der Waals surface area contributed by atoms with Gasteiger partial charge < -0.3 is 5.43 Å². The van der Waals surface area contributed by atoms with E-state index in [1.807, 2.05) is 31.2 Å². The number of rotatable bonds is 4. The first-order valence-corrected chi connectivity index (χ1v) is 4.60. The first-order chi connectivity index (χ1) is 6.84. The number of benzene rings is 1. The largest absolute Gasteiger partial charge is 0.306 e. The number of carbonyl (C=O) groups excluding carboxylic acids is 1. The highest BCUT2D eigenvalue weighted by Gasteiger charge is 2.00. The van der Waals surface area contributed by atoms with E-state index in [4.69, 9.17) is 0 Å². The molecule has 1 aromatic carbocycles. The second-order valence-corrected chi connectivity index (χ2v) is 2.78. The molecule has 1 amide bonds. The summed E-state index contributed by atoms with van der Waals surface area (Å²) in [7, 11) is 0. The number of carbonyl (C=O) groups is 1. The molecule has 3 nitrogen and oxygen atoms in total. The first-order valence-electron chi connectivity index (χ1n) is 4.60. The molecular formula is C11H14N2O. The van der Waals surface area contributed by atoms with E-state index in [2.05, 4.69) is 10.9 Å². The van der Waals surface area contributed by atoms with Crippen molar-refractivity contribution < 1.29 is 4.79 Å². The van der Waals surface area contributed by atoms with Crippen LogP contribution in [0.5, 0.6) is 0 Å². The molecule has 1 aromatic rings. The molecule has 0 heterocycles. The highest BCUT2D eigenvalue weighted by atomic mass is 16.2. The molecule has 0 atom stereocenters. The molecule has 0 spiro atoms. The van der Waals surface area contributed by atoms with E-state index in [-0.39, 0.29) is 5.91 Å². The lowest BCUT2D eigenvalue weighted by Gasteiger charge is -2.03. The molecule has 0 aromatic heterocycles. The summed E-state index contributed by atoms with van der Waals surface area (Å²) in [5.74, 6) is -0.133. The van der Waals surface area contributed by atoms with Crippen molar-refractivity contribution in [1.29, 1.82) is 0 Å². The Morgan fingerprint density at radius 1 is 1.36 bits per heavy atom. The van der Waals surface area contributed by atoms with Gasteiger partial charge in [0.15, 0.2) is 0 Å². The third-order valence-electron chi connectivity index (χ3n) is 1.66. The Labute approximate surface area is 83.8 Å². The van der Waals surface area contributed by atoms with Gasteiger partial charge in [-0.05, 0) is 18.6 Å². The molecule has 0 aliphatic rings. The lowest BCUT2D eigenvalue weighted by molar-refractivity contribution is 0.0941. The van der Waals surface area contributed by atoms with Crippen LogP contribution in [-0.2, 0) is 0 Å². The summed E-state index contributed by atoms with van der Waals surface area (Å²) in [6.07, 6.45) is 4.57. The summed E-state index contributed by atoms with van der Waals surface area (Å²) < 4.78 is 0. The summed E-state index contributed by atoms with van der Waals surface area (Å²) >= 11 is 0. The Balaban J connectivity index is 2.40. The Kier molecular flexibility index (Phi) is 4.27. The third-order valence-corrected chi connectivity index (χ3v) is 1.66. The maximum atomic E-state index is 11.4. The minimum atomic E-state index is -0.133. The minimum Gasteiger partial charge on any atom is -0.306 e. The molecule has 0 unspecified atom stereocenters. The van der Waals surface area contributed by atoms with E-state index in [9.17, 15) is 4.79 Å². The summed E-state index contributed by atoms with van der Waals surface area (Å²) in [4.78, 5) is 11.4. The van der Waals surface area contributed by atoms with Crippen LogP contribution in [0.1, 0.15) is 23.7 Å². The molecule has 0 radical (unpaired) electrons. The normalized spacial score (nSPS) is 10.1. The van der Waals surface area contributed by atoms with Gasteiger partial charge in [0.25, 0.3) is 5.91 Å². The number of hydrazine groups is 1. The van der Waals surface area contributed by atoms with Gasteiger partial charge in [0.1, 0.15) is 0 Å². The van der Waals surface area contributed by atoms with Gasteiger partial charge in [0.2, 0.25) is 0 Å². The lowest BCUT2D eigenvalue weighted by atomic mass is 10.2. The fourth-order valence-corrected chi connectivity index (χ4v) is 0.946. The van der Waals surface area contributed by atoms with Crippen LogP contribution in [0, 0.1) is 0 Å². The second-order valence-electron chi connectivity index (χ2n) is 2.78. The van der Waals surface area contributed by atoms with Crippen molar-refractivity contribution in [2.45, 2.75) is 13.3 Å². The van der Waals surface area contributed by atoms with E-state index in [0.29, 0.717) is 5.56 Å². The highest BCUT2D eigenvalue weighted by molar-refractivity contribution is 5.93. The molecule has 74 valence electrons. The quantitative estimate of drug-likeness (QED) is 0.711. The zero-order valence-electron chi connectivity index (χ0n) is 8.16.